The van der Waals surface area contributed by atoms with E-state index in [1.54, 1.807) is 0 Å². The van der Waals surface area contributed by atoms with Crippen LogP contribution >= 0.6 is 0 Å². The standard InChI is InChI=1S/C14H16N6O2/c15-13-12(20(21)22)8-17-14(19-13)16-7-10-6-5-9-3-1-2-4-11(9)18-10/h1-4,8,10,18H,5-7H2,(H3,15,16,17,19). The zero-order chi connectivity index (χ0) is 15.5. The molecule has 1 aromatic heterocycles. The van der Waals surface area contributed by atoms with Crippen LogP contribution in [0.5, 0.6) is 0 Å². The Labute approximate surface area is 126 Å². The molecule has 3 rings (SSSR count). The summed E-state index contributed by atoms with van der Waals surface area (Å²) in [4.78, 5) is 17.9. The van der Waals surface area contributed by atoms with Gasteiger partial charge in [0.2, 0.25) is 11.8 Å². The van der Waals surface area contributed by atoms with Crippen LogP contribution in [0.25, 0.3) is 0 Å². The number of aryl methyl sites for hydroxylation is 1. The lowest BCUT2D eigenvalue weighted by Gasteiger charge is -2.27. The second-order valence-electron chi connectivity index (χ2n) is 5.14. The van der Waals surface area contributed by atoms with Crippen molar-refractivity contribution in [1.29, 1.82) is 0 Å². The monoisotopic (exact) mass is 300 g/mol. The van der Waals surface area contributed by atoms with Crippen LogP contribution in [0.2, 0.25) is 0 Å². The molecule has 0 spiro atoms. The molecule has 0 radical (unpaired) electrons. The number of nitrogens with zero attached hydrogens (tertiary/aromatic N) is 3. The molecule has 0 aliphatic carbocycles. The van der Waals surface area contributed by atoms with Crippen molar-refractivity contribution in [3.63, 3.8) is 0 Å². The van der Waals surface area contributed by atoms with Crippen LogP contribution in [-0.2, 0) is 6.42 Å². The van der Waals surface area contributed by atoms with Gasteiger partial charge in [-0.3, -0.25) is 10.1 Å². The molecule has 1 atom stereocenters. The van der Waals surface area contributed by atoms with Gasteiger partial charge >= 0.3 is 5.69 Å². The molecule has 2 aromatic rings. The van der Waals surface area contributed by atoms with Crippen molar-refractivity contribution >= 4 is 23.1 Å². The largest absolute Gasteiger partial charge is 0.380 e. The van der Waals surface area contributed by atoms with Crippen LogP contribution in [0.15, 0.2) is 30.5 Å². The maximum Gasteiger partial charge on any atom is 0.329 e. The van der Waals surface area contributed by atoms with Gasteiger partial charge in [0.25, 0.3) is 0 Å². The van der Waals surface area contributed by atoms with Gasteiger partial charge in [-0.05, 0) is 24.5 Å². The third-order valence-corrected chi connectivity index (χ3v) is 3.64. The molecular formula is C14H16N6O2. The SMILES string of the molecule is Nc1nc(NCC2CCc3ccccc3N2)ncc1[N+](=O)[O-]. The number of fused-ring (bicyclic) bond motifs is 1. The van der Waals surface area contributed by atoms with Crippen LogP contribution in [-0.4, -0.2) is 27.5 Å². The fraction of sp³-hybridized carbons (Fsp3) is 0.286. The fourth-order valence-electron chi connectivity index (χ4n) is 2.48. The highest BCUT2D eigenvalue weighted by atomic mass is 16.6. The summed E-state index contributed by atoms with van der Waals surface area (Å²) in [6.45, 7) is 0.617. The lowest BCUT2D eigenvalue weighted by molar-refractivity contribution is -0.384. The van der Waals surface area contributed by atoms with Crippen LogP contribution in [0.3, 0.4) is 0 Å². The van der Waals surface area contributed by atoms with Crippen molar-refractivity contribution in [3.05, 3.63) is 46.1 Å². The minimum atomic E-state index is -0.598. The number of nitrogen functional groups attached to an aromatic ring is 1. The molecular weight excluding hydrogens is 284 g/mol. The molecule has 0 saturated carbocycles. The second-order valence-corrected chi connectivity index (χ2v) is 5.14. The van der Waals surface area contributed by atoms with Crippen molar-refractivity contribution < 1.29 is 4.92 Å². The average molecular weight is 300 g/mol. The molecule has 2 heterocycles. The molecule has 1 unspecified atom stereocenters. The van der Waals surface area contributed by atoms with Crippen molar-refractivity contribution in [3.8, 4) is 0 Å². The minimum Gasteiger partial charge on any atom is -0.380 e. The van der Waals surface area contributed by atoms with Gasteiger partial charge in [0.1, 0.15) is 6.20 Å². The summed E-state index contributed by atoms with van der Waals surface area (Å²) >= 11 is 0. The van der Waals surface area contributed by atoms with E-state index in [2.05, 4.69) is 32.7 Å². The Kier molecular flexibility index (Phi) is 3.73. The number of hydrogen-bond acceptors (Lipinski definition) is 7. The first-order chi connectivity index (χ1) is 10.6. The fourth-order valence-corrected chi connectivity index (χ4v) is 2.48. The summed E-state index contributed by atoms with van der Waals surface area (Å²) in [6.07, 6.45) is 3.12. The summed E-state index contributed by atoms with van der Waals surface area (Å²) < 4.78 is 0. The van der Waals surface area contributed by atoms with Gasteiger partial charge in [0.05, 0.1) is 4.92 Å². The smallest absolute Gasteiger partial charge is 0.329 e. The van der Waals surface area contributed by atoms with E-state index in [1.807, 2.05) is 12.1 Å². The summed E-state index contributed by atoms with van der Waals surface area (Å²) in [7, 11) is 0. The topological polar surface area (TPSA) is 119 Å². The Morgan fingerprint density at radius 3 is 3.05 bits per heavy atom. The van der Waals surface area contributed by atoms with Gasteiger partial charge in [-0.1, -0.05) is 18.2 Å². The molecule has 0 amide bonds. The number of nitrogens with one attached hydrogen (secondary N) is 2. The minimum absolute atomic E-state index is 0.135. The molecule has 0 saturated heterocycles. The molecule has 4 N–H and O–H groups in total. The van der Waals surface area contributed by atoms with Crippen molar-refractivity contribution in [2.45, 2.75) is 18.9 Å². The Bertz CT molecular complexity index is 705. The Morgan fingerprint density at radius 2 is 2.27 bits per heavy atom. The average Bonchev–Trinajstić information content (AvgIpc) is 2.52. The zero-order valence-electron chi connectivity index (χ0n) is 11.8. The van der Waals surface area contributed by atoms with E-state index >= 15 is 0 Å². The van der Waals surface area contributed by atoms with Gasteiger partial charge in [-0.25, -0.2) is 4.98 Å². The lowest BCUT2D eigenvalue weighted by Crippen LogP contribution is -2.32. The van der Waals surface area contributed by atoms with E-state index in [-0.39, 0.29) is 17.5 Å². The summed E-state index contributed by atoms with van der Waals surface area (Å²) in [6, 6.07) is 8.46. The van der Waals surface area contributed by atoms with Crippen LogP contribution in [0, 0.1) is 10.1 Å². The Hall–Kier alpha value is -2.90. The quantitative estimate of drug-likeness (QED) is 0.582. The lowest BCUT2D eigenvalue weighted by atomic mass is 9.98. The number of para-hydroxylation sites is 1. The van der Waals surface area contributed by atoms with Gasteiger partial charge in [-0.2, -0.15) is 4.98 Å². The van der Waals surface area contributed by atoms with E-state index < -0.39 is 4.92 Å². The molecule has 1 aliphatic heterocycles. The number of rotatable bonds is 4. The first kappa shape index (κ1) is 14.1. The normalized spacial score (nSPS) is 16.5. The molecule has 0 bridgehead atoms. The molecule has 1 aliphatic rings. The van der Waals surface area contributed by atoms with Gasteiger partial charge in [0, 0.05) is 18.3 Å². The first-order valence-corrected chi connectivity index (χ1v) is 6.98. The van der Waals surface area contributed by atoms with E-state index in [9.17, 15) is 10.1 Å². The third-order valence-electron chi connectivity index (χ3n) is 3.64. The van der Waals surface area contributed by atoms with Crippen molar-refractivity contribution in [2.24, 2.45) is 0 Å². The zero-order valence-corrected chi connectivity index (χ0v) is 11.8. The number of nitro groups is 1. The highest BCUT2D eigenvalue weighted by Gasteiger charge is 2.18. The highest BCUT2D eigenvalue weighted by Crippen LogP contribution is 2.24. The Morgan fingerprint density at radius 1 is 1.45 bits per heavy atom. The molecule has 22 heavy (non-hydrogen) atoms. The van der Waals surface area contributed by atoms with E-state index in [0.29, 0.717) is 12.5 Å². The van der Waals surface area contributed by atoms with Crippen molar-refractivity contribution in [2.75, 3.05) is 22.9 Å². The molecule has 114 valence electrons. The number of nitrogens with two attached hydrogens (primary N) is 1. The number of aromatic nitrogens is 2. The number of hydrogen-bond donors (Lipinski definition) is 3. The number of anilines is 3. The van der Waals surface area contributed by atoms with E-state index in [0.717, 1.165) is 24.7 Å². The maximum atomic E-state index is 10.7. The first-order valence-electron chi connectivity index (χ1n) is 6.98. The van der Waals surface area contributed by atoms with Gasteiger partial charge in [-0.15, -0.1) is 0 Å². The second kappa shape index (κ2) is 5.84. The maximum absolute atomic E-state index is 10.7. The van der Waals surface area contributed by atoms with E-state index in [4.69, 9.17) is 5.73 Å². The predicted octanol–water partition coefficient (Wildman–Crippen LogP) is 1.81. The van der Waals surface area contributed by atoms with Gasteiger partial charge in [0.15, 0.2) is 0 Å². The Balaban J connectivity index is 1.62. The molecule has 8 heteroatoms. The summed E-state index contributed by atoms with van der Waals surface area (Å²) in [5, 5.41) is 17.2. The molecule has 1 aromatic carbocycles. The summed E-state index contributed by atoms with van der Waals surface area (Å²) in [5.41, 5.74) is 7.72. The molecule has 0 fully saturated rings. The highest BCUT2D eigenvalue weighted by molar-refractivity contribution is 5.55. The molecule has 8 nitrogen and oxygen atoms in total. The van der Waals surface area contributed by atoms with Crippen LogP contribution < -0.4 is 16.4 Å². The van der Waals surface area contributed by atoms with Crippen LogP contribution in [0.1, 0.15) is 12.0 Å². The predicted molar refractivity (Wildman–Crippen MR) is 83.8 cm³/mol. The van der Waals surface area contributed by atoms with E-state index in [1.165, 1.54) is 5.56 Å². The van der Waals surface area contributed by atoms with Crippen LogP contribution in [0.4, 0.5) is 23.1 Å². The third kappa shape index (κ3) is 2.90. The number of benzene rings is 1. The van der Waals surface area contributed by atoms with Gasteiger partial charge < -0.3 is 16.4 Å². The van der Waals surface area contributed by atoms with Crippen molar-refractivity contribution in [1.82, 2.24) is 9.97 Å². The summed E-state index contributed by atoms with van der Waals surface area (Å²) in [5.74, 6) is 0.160.